The van der Waals surface area contributed by atoms with Gasteiger partial charge in [0.2, 0.25) is 5.13 Å². The third-order valence-corrected chi connectivity index (χ3v) is 3.52. The summed E-state index contributed by atoms with van der Waals surface area (Å²) in [7, 11) is 1.59. The van der Waals surface area contributed by atoms with Crippen LogP contribution in [0.5, 0.6) is 11.5 Å². The summed E-state index contributed by atoms with van der Waals surface area (Å²) in [6.45, 7) is 4.36. The molecule has 2 aromatic rings. The summed E-state index contributed by atoms with van der Waals surface area (Å²) in [5, 5.41) is 13.3. The highest BCUT2D eigenvalue weighted by atomic mass is 32.1. The summed E-state index contributed by atoms with van der Waals surface area (Å²) in [6, 6.07) is 5.04. The largest absolute Gasteiger partial charge is 0.493 e. The van der Waals surface area contributed by atoms with Crippen molar-refractivity contribution in [1.29, 1.82) is 0 Å². The van der Waals surface area contributed by atoms with E-state index in [9.17, 15) is 4.79 Å². The van der Waals surface area contributed by atoms with Gasteiger partial charge in [0.05, 0.1) is 19.8 Å². The molecule has 1 heterocycles. The van der Waals surface area contributed by atoms with Crippen LogP contribution in [0.4, 0.5) is 9.93 Å². The molecule has 22 heavy (non-hydrogen) atoms. The fourth-order valence-electron chi connectivity index (χ4n) is 1.87. The van der Waals surface area contributed by atoms with Crippen LogP contribution < -0.4 is 20.1 Å². The molecule has 0 aliphatic rings. The van der Waals surface area contributed by atoms with Crippen molar-refractivity contribution in [3.63, 3.8) is 0 Å². The van der Waals surface area contributed by atoms with Gasteiger partial charge in [-0.25, -0.2) is 4.79 Å². The summed E-state index contributed by atoms with van der Waals surface area (Å²) in [6.07, 6.45) is 0. The van der Waals surface area contributed by atoms with Gasteiger partial charge in [-0.2, -0.15) is 0 Å². The highest BCUT2D eigenvalue weighted by Crippen LogP contribution is 2.30. The Balaban J connectivity index is 2.02. The Bertz CT molecular complexity index is 619. The predicted molar refractivity (Wildman–Crippen MR) is 84.6 cm³/mol. The maximum Gasteiger partial charge on any atom is 0.321 e. The zero-order valence-electron chi connectivity index (χ0n) is 12.6. The molecule has 1 aromatic heterocycles. The summed E-state index contributed by atoms with van der Waals surface area (Å²) in [5.74, 6) is 1.32. The average molecular weight is 322 g/mol. The number of rotatable bonds is 6. The third-order valence-electron chi connectivity index (χ3n) is 2.92. The van der Waals surface area contributed by atoms with E-state index in [4.69, 9.17) is 9.47 Å². The first-order valence-corrected chi connectivity index (χ1v) is 7.66. The van der Waals surface area contributed by atoms with Gasteiger partial charge in [0.15, 0.2) is 11.5 Å². The maximum atomic E-state index is 11.9. The molecule has 1 aromatic carbocycles. The van der Waals surface area contributed by atoms with Crippen LogP contribution in [0.15, 0.2) is 23.7 Å². The smallest absolute Gasteiger partial charge is 0.321 e. The lowest BCUT2D eigenvalue weighted by molar-refractivity contribution is 0.249. The Morgan fingerprint density at radius 3 is 2.86 bits per heavy atom. The second kappa shape index (κ2) is 7.60. The number of anilines is 1. The Labute approximate surface area is 132 Å². The van der Waals surface area contributed by atoms with Crippen molar-refractivity contribution in [2.24, 2.45) is 0 Å². The molecule has 2 rings (SSSR count). The van der Waals surface area contributed by atoms with Crippen LogP contribution in [0, 0.1) is 0 Å². The Kier molecular flexibility index (Phi) is 5.54. The van der Waals surface area contributed by atoms with Gasteiger partial charge in [0.1, 0.15) is 5.51 Å². The van der Waals surface area contributed by atoms with Crippen molar-refractivity contribution in [2.75, 3.05) is 19.0 Å². The van der Waals surface area contributed by atoms with Crippen molar-refractivity contribution >= 4 is 22.5 Å². The van der Waals surface area contributed by atoms with E-state index in [0.717, 1.165) is 5.56 Å². The fraction of sp³-hybridized carbons (Fsp3) is 0.357. The molecule has 0 saturated heterocycles. The van der Waals surface area contributed by atoms with Gasteiger partial charge in [-0.1, -0.05) is 17.4 Å². The summed E-state index contributed by atoms with van der Waals surface area (Å²) in [4.78, 5) is 11.9. The molecule has 7 nitrogen and oxygen atoms in total. The van der Waals surface area contributed by atoms with Gasteiger partial charge in [-0.05, 0) is 31.5 Å². The van der Waals surface area contributed by atoms with Crippen molar-refractivity contribution < 1.29 is 14.3 Å². The lowest BCUT2D eigenvalue weighted by Crippen LogP contribution is -2.31. The van der Waals surface area contributed by atoms with Crippen molar-refractivity contribution in [1.82, 2.24) is 15.5 Å². The van der Waals surface area contributed by atoms with E-state index < -0.39 is 0 Å². The first kappa shape index (κ1) is 16.0. The van der Waals surface area contributed by atoms with Crippen LogP contribution in [-0.4, -0.2) is 29.9 Å². The molecule has 2 N–H and O–H groups in total. The zero-order chi connectivity index (χ0) is 15.9. The molecule has 118 valence electrons. The van der Waals surface area contributed by atoms with Crippen LogP contribution in [0.3, 0.4) is 0 Å². The van der Waals surface area contributed by atoms with Crippen LogP contribution in [0.1, 0.15) is 25.5 Å². The Hall–Kier alpha value is -2.35. The first-order valence-electron chi connectivity index (χ1n) is 6.78. The maximum absolute atomic E-state index is 11.9. The summed E-state index contributed by atoms with van der Waals surface area (Å²) < 4.78 is 10.8. The molecule has 1 atom stereocenters. The van der Waals surface area contributed by atoms with Crippen LogP contribution in [0.25, 0.3) is 0 Å². The molecule has 0 radical (unpaired) electrons. The minimum absolute atomic E-state index is 0.197. The number of nitrogens with one attached hydrogen (secondary N) is 2. The minimum atomic E-state index is -0.336. The van der Waals surface area contributed by atoms with Gasteiger partial charge in [-0.15, -0.1) is 10.2 Å². The number of hydrogen-bond acceptors (Lipinski definition) is 6. The normalized spacial score (nSPS) is 11.6. The summed E-state index contributed by atoms with van der Waals surface area (Å²) >= 11 is 1.26. The zero-order valence-corrected chi connectivity index (χ0v) is 13.4. The van der Waals surface area contributed by atoms with Crippen LogP contribution in [-0.2, 0) is 0 Å². The molecule has 0 aliphatic heterocycles. The Morgan fingerprint density at radius 1 is 1.41 bits per heavy atom. The molecular weight excluding hydrogens is 304 g/mol. The number of carbonyl (C=O) groups is 1. The lowest BCUT2D eigenvalue weighted by atomic mass is 10.1. The molecule has 0 bridgehead atoms. The predicted octanol–water partition coefficient (Wildman–Crippen LogP) is 2.83. The van der Waals surface area contributed by atoms with E-state index in [2.05, 4.69) is 20.8 Å². The number of ether oxygens (including phenoxy) is 2. The number of amides is 2. The topological polar surface area (TPSA) is 85.4 Å². The van der Waals surface area contributed by atoms with Crippen LogP contribution in [0.2, 0.25) is 0 Å². The van der Waals surface area contributed by atoms with Gasteiger partial charge in [0, 0.05) is 0 Å². The molecule has 0 saturated carbocycles. The van der Waals surface area contributed by atoms with E-state index in [1.165, 1.54) is 11.3 Å². The molecule has 8 heteroatoms. The van der Waals surface area contributed by atoms with Gasteiger partial charge < -0.3 is 14.8 Å². The quantitative estimate of drug-likeness (QED) is 0.854. The van der Waals surface area contributed by atoms with Crippen molar-refractivity contribution in [2.45, 2.75) is 19.9 Å². The number of urea groups is 1. The highest BCUT2D eigenvalue weighted by molar-refractivity contribution is 7.13. The molecule has 0 spiro atoms. The van der Waals surface area contributed by atoms with E-state index in [1.54, 1.807) is 12.6 Å². The standard InChI is InChI=1S/C14H18N4O3S/c1-4-21-11-6-5-10(7-12(11)20-3)9(2)16-13(19)17-14-18-15-8-22-14/h5-9H,4H2,1-3H3,(H2,16,17,18,19)/t9-/m1/s1. The number of aromatic nitrogens is 2. The Morgan fingerprint density at radius 2 is 2.23 bits per heavy atom. The first-order chi connectivity index (χ1) is 10.6. The van der Waals surface area contributed by atoms with Crippen molar-refractivity contribution in [3.8, 4) is 11.5 Å². The number of carbonyl (C=O) groups excluding carboxylic acids is 1. The number of nitrogens with zero attached hydrogens (tertiary/aromatic N) is 2. The molecule has 0 fully saturated rings. The van der Waals surface area contributed by atoms with E-state index >= 15 is 0 Å². The number of benzene rings is 1. The average Bonchev–Trinajstić information content (AvgIpc) is 3.00. The van der Waals surface area contributed by atoms with E-state index in [0.29, 0.717) is 23.2 Å². The monoisotopic (exact) mass is 322 g/mol. The van der Waals surface area contributed by atoms with Crippen molar-refractivity contribution in [3.05, 3.63) is 29.3 Å². The van der Waals surface area contributed by atoms with Gasteiger partial charge in [0.25, 0.3) is 0 Å². The lowest BCUT2D eigenvalue weighted by Gasteiger charge is -2.16. The molecule has 0 aliphatic carbocycles. The van der Waals surface area contributed by atoms with E-state index in [-0.39, 0.29) is 12.1 Å². The minimum Gasteiger partial charge on any atom is -0.493 e. The third kappa shape index (κ3) is 4.08. The fourth-order valence-corrected chi connectivity index (χ4v) is 2.31. The second-order valence-corrected chi connectivity index (χ2v) is 5.24. The number of hydrogen-bond donors (Lipinski definition) is 2. The SMILES string of the molecule is CCOc1ccc([C@@H](C)NC(=O)Nc2nncs2)cc1OC. The molecular formula is C14H18N4O3S. The number of methoxy groups -OCH3 is 1. The molecule has 2 amide bonds. The van der Waals surface area contributed by atoms with Crippen LogP contribution >= 0.6 is 11.3 Å². The molecule has 0 unspecified atom stereocenters. The second-order valence-electron chi connectivity index (χ2n) is 4.41. The van der Waals surface area contributed by atoms with E-state index in [1.807, 2.05) is 32.0 Å². The summed E-state index contributed by atoms with van der Waals surface area (Å²) in [5.41, 5.74) is 2.46. The van der Waals surface area contributed by atoms with Gasteiger partial charge >= 0.3 is 6.03 Å². The van der Waals surface area contributed by atoms with Gasteiger partial charge in [-0.3, -0.25) is 5.32 Å². The highest BCUT2D eigenvalue weighted by Gasteiger charge is 2.13.